The van der Waals surface area contributed by atoms with Gasteiger partial charge in [-0.15, -0.1) is 0 Å². The summed E-state index contributed by atoms with van der Waals surface area (Å²) in [5, 5.41) is 13.9. The second kappa shape index (κ2) is 5.36. The van der Waals surface area contributed by atoms with Gasteiger partial charge in [0, 0.05) is 11.3 Å². The molecule has 0 unspecified atom stereocenters. The largest absolute Gasteiger partial charge is 0.325 e. The fourth-order valence-corrected chi connectivity index (χ4v) is 3.30. The third kappa shape index (κ3) is 2.09. The zero-order chi connectivity index (χ0) is 16.7. The maximum absolute atomic E-state index is 12.2. The van der Waals surface area contributed by atoms with Gasteiger partial charge >= 0.3 is 0 Å². The van der Waals surface area contributed by atoms with Gasteiger partial charge in [0.15, 0.2) is 0 Å². The Balaban J connectivity index is 2.22. The molecular weight excluding hydrogens is 296 g/mol. The average Bonchev–Trinajstić information content (AvgIpc) is 2.60. The van der Waals surface area contributed by atoms with Crippen molar-refractivity contribution >= 4 is 21.5 Å². The molecule has 0 aliphatic heterocycles. The number of H-pyrrole nitrogens is 1. The molecule has 0 amide bonds. The first kappa shape index (κ1) is 14.2. The van der Waals surface area contributed by atoms with E-state index in [9.17, 15) is 10.1 Å². The van der Waals surface area contributed by atoms with Crippen molar-refractivity contribution in [1.82, 2.24) is 4.98 Å². The van der Waals surface area contributed by atoms with Gasteiger partial charge in [0.1, 0.15) is 11.6 Å². The summed E-state index contributed by atoms with van der Waals surface area (Å²) in [6, 6.07) is 22.3. The summed E-state index contributed by atoms with van der Waals surface area (Å²) >= 11 is 0. The first-order valence-corrected chi connectivity index (χ1v) is 7.74. The van der Waals surface area contributed by atoms with Gasteiger partial charge in [-0.25, -0.2) is 0 Å². The summed E-state index contributed by atoms with van der Waals surface area (Å²) in [5.41, 5.74) is 2.15. The van der Waals surface area contributed by atoms with Crippen molar-refractivity contribution in [2.24, 2.45) is 0 Å². The highest BCUT2D eigenvalue weighted by Gasteiger charge is 2.14. The number of nitriles is 1. The van der Waals surface area contributed by atoms with Crippen LogP contribution < -0.4 is 5.56 Å². The number of nitrogens with zero attached hydrogens (tertiary/aromatic N) is 1. The molecular formula is C21H14N2O. The maximum Gasteiger partial charge on any atom is 0.266 e. The number of benzene rings is 3. The molecule has 114 valence electrons. The highest BCUT2D eigenvalue weighted by Crippen LogP contribution is 2.35. The lowest BCUT2D eigenvalue weighted by atomic mass is 9.92. The second-order valence-corrected chi connectivity index (χ2v) is 5.87. The molecule has 3 nitrogen and oxygen atoms in total. The van der Waals surface area contributed by atoms with Crippen LogP contribution in [0, 0.1) is 18.3 Å². The second-order valence-electron chi connectivity index (χ2n) is 5.87. The van der Waals surface area contributed by atoms with E-state index in [0.717, 1.165) is 32.8 Å². The molecule has 1 aromatic heterocycles. The van der Waals surface area contributed by atoms with Gasteiger partial charge in [-0.05, 0) is 40.1 Å². The van der Waals surface area contributed by atoms with E-state index in [-0.39, 0.29) is 11.1 Å². The normalized spacial score (nSPS) is 10.8. The van der Waals surface area contributed by atoms with Crippen molar-refractivity contribution in [3.63, 3.8) is 0 Å². The zero-order valence-corrected chi connectivity index (χ0v) is 13.1. The van der Waals surface area contributed by atoms with Crippen LogP contribution in [0.4, 0.5) is 0 Å². The fourth-order valence-electron chi connectivity index (χ4n) is 3.30. The molecule has 4 aromatic rings. The van der Waals surface area contributed by atoms with Crippen LogP contribution in [0.1, 0.15) is 11.3 Å². The Labute approximate surface area is 138 Å². The molecule has 24 heavy (non-hydrogen) atoms. The molecule has 0 fully saturated rings. The molecule has 0 bridgehead atoms. The standard InChI is InChI=1S/C21H14N2O/c1-13-11-18(19(12-22)21(24)23-13)17-8-4-6-15-10-9-14-5-2-3-7-16(14)20(15)17/h2-11H,1H3,(H,23,24). The van der Waals surface area contributed by atoms with Crippen LogP contribution >= 0.6 is 0 Å². The van der Waals surface area contributed by atoms with Gasteiger partial charge < -0.3 is 4.98 Å². The molecule has 0 radical (unpaired) electrons. The van der Waals surface area contributed by atoms with E-state index < -0.39 is 0 Å². The van der Waals surface area contributed by atoms with Crippen molar-refractivity contribution < 1.29 is 0 Å². The van der Waals surface area contributed by atoms with Crippen LogP contribution in [0.15, 0.2) is 65.5 Å². The number of aryl methyl sites for hydroxylation is 1. The van der Waals surface area contributed by atoms with Crippen LogP contribution in [0.5, 0.6) is 0 Å². The highest BCUT2D eigenvalue weighted by atomic mass is 16.1. The van der Waals surface area contributed by atoms with Crippen molar-refractivity contribution in [3.8, 4) is 17.2 Å². The predicted octanol–water partition coefficient (Wildman–Crippen LogP) is 4.53. The minimum absolute atomic E-state index is 0.154. The Hall–Kier alpha value is -3.38. The number of rotatable bonds is 1. The van der Waals surface area contributed by atoms with E-state index in [4.69, 9.17) is 0 Å². The molecule has 0 saturated carbocycles. The summed E-state index contributed by atoms with van der Waals surface area (Å²) in [7, 11) is 0. The Kier molecular flexibility index (Phi) is 3.18. The molecule has 0 aliphatic rings. The average molecular weight is 310 g/mol. The maximum atomic E-state index is 12.2. The van der Waals surface area contributed by atoms with E-state index >= 15 is 0 Å². The molecule has 4 rings (SSSR count). The molecule has 3 aromatic carbocycles. The van der Waals surface area contributed by atoms with Crippen LogP contribution in [0.2, 0.25) is 0 Å². The monoisotopic (exact) mass is 310 g/mol. The van der Waals surface area contributed by atoms with E-state index in [2.05, 4.69) is 41.4 Å². The third-order valence-corrected chi connectivity index (χ3v) is 4.34. The van der Waals surface area contributed by atoms with Crippen molar-refractivity contribution in [1.29, 1.82) is 5.26 Å². The van der Waals surface area contributed by atoms with Gasteiger partial charge in [0.2, 0.25) is 0 Å². The molecule has 1 N–H and O–H groups in total. The fraction of sp³-hybridized carbons (Fsp3) is 0.0476. The van der Waals surface area contributed by atoms with E-state index in [0.29, 0.717) is 5.56 Å². The first-order chi connectivity index (χ1) is 11.7. The zero-order valence-electron chi connectivity index (χ0n) is 13.1. The number of nitrogens with one attached hydrogen (secondary N) is 1. The summed E-state index contributed by atoms with van der Waals surface area (Å²) in [6.07, 6.45) is 0. The van der Waals surface area contributed by atoms with Gasteiger partial charge in [-0.2, -0.15) is 5.26 Å². The summed E-state index contributed by atoms with van der Waals surface area (Å²) in [6.45, 7) is 1.83. The first-order valence-electron chi connectivity index (χ1n) is 7.74. The molecule has 0 spiro atoms. The topological polar surface area (TPSA) is 56.6 Å². The van der Waals surface area contributed by atoms with E-state index in [1.807, 2.05) is 37.3 Å². The number of fused-ring (bicyclic) bond motifs is 3. The minimum atomic E-state index is -0.343. The molecule has 3 heteroatoms. The van der Waals surface area contributed by atoms with Crippen LogP contribution in [0.25, 0.3) is 32.7 Å². The lowest BCUT2D eigenvalue weighted by Gasteiger charge is -2.12. The molecule has 0 atom stereocenters. The number of hydrogen-bond donors (Lipinski definition) is 1. The quantitative estimate of drug-likeness (QED) is 0.525. The Morgan fingerprint density at radius 2 is 1.67 bits per heavy atom. The molecule has 0 aliphatic carbocycles. The number of hydrogen-bond acceptors (Lipinski definition) is 2. The van der Waals surface area contributed by atoms with Crippen LogP contribution in [-0.4, -0.2) is 4.98 Å². The highest BCUT2D eigenvalue weighted by molar-refractivity contribution is 6.14. The number of aromatic nitrogens is 1. The summed E-state index contributed by atoms with van der Waals surface area (Å²) < 4.78 is 0. The Bertz CT molecular complexity index is 1200. The minimum Gasteiger partial charge on any atom is -0.325 e. The predicted molar refractivity (Wildman–Crippen MR) is 97.0 cm³/mol. The summed E-state index contributed by atoms with van der Waals surface area (Å²) in [4.78, 5) is 14.9. The van der Waals surface area contributed by atoms with Crippen molar-refractivity contribution in [2.45, 2.75) is 6.92 Å². The van der Waals surface area contributed by atoms with E-state index in [1.54, 1.807) is 0 Å². The third-order valence-electron chi connectivity index (χ3n) is 4.34. The Morgan fingerprint density at radius 3 is 2.50 bits per heavy atom. The van der Waals surface area contributed by atoms with Crippen LogP contribution in [0.3, 0.4) is 0 Å². The number of aromatic amines is 1. The van der Waals surface area contributed by atoms with E-state index in [1.165, 1.54) is 0 Å². The Morgan fingerprint density at radius 1 is 0.917 bits per heavy atom. The van der Waals surface area contributed by atoms with Crippen molar-refractivity contribution in [3.05, 3.63) is 82.3 Å². The van der Waals surface area contributed by atoms with Gasteiger partial charge in [-0.3, -0.25) is 4.79 Å². The number of pyridine rings is 1. The molecule has 0 saturated heterocycles. The van der Waals surface area contributed by atoms with Crippen LogP contribution in [-0.2, 0) is 0 Å². The summed E-state index contributed by atoms with van der Waals surface area (Å²) in [5.74, 6) is 0. The van der Waals surface area contributed by atoms with Crippen molar-refractivity contribution in [2.75, 3.05) is 0 Å². The van der Waals surface area contributed by atoms with Gasteiger partial charge in [0.25, 0.3) is 5.56 Å². The smallest absolute Gasteiger partial charge is 0.266 e. The lowest BCUT2D eigenvalue weighted by Crippen LogP contribution is -2.12. The van der Waals surface area contributed by atoms with Gasteiger partial charge in [0.05, 0.1) is 0 Å². The van der Waals surface area contributed by atoms with Gasteiger partial charge in [-0.1, -0.05) is 54.6 Å². The lowest BCUT2D eigenvalue weighted by molar-refractivity contribution is 1.13. The SMILES string of the molecule is Cc1cc(-c2cccc3ccc4ccccc4c23)c(C#N)c(=O)[nH]1. The molecule has 1 heterocycles.